The Hall–Kier alpha value is -1.59. The van der Waals surface area contributed by atoms with Gasteiger partial charge in [0.2, 0.25) is 5.91 Å². The van der Waals surface area contributed by atoms with Gasteiger partial charge in [-0.05, 0) is 24.7 Å². The number of hydrogen-bond acceptors (Lipinski definition) is 3. The van der Waals surface area contributed by atoms with Crippen LogP contribution in [0, 0.1) is 5.41 Å². The van der Waals surface area contributed by atoms with Gasteiger partial charge in [-0.1, -0.05) is 32.9 Å². The quantitative estimate of drug-likeness (QED) is 0.832. The van der Waals surface area contributed by atoms with Crippen molar-refractivity contribution in [2.24, 2.45) is 5.41 Å². The molecule has 2 amide bonds. The summed E-state index contributed by atoms with van der Waals surface area (Å²) in [5.74, 6) is 0.0139. The Balaban J connectivity index is 0.00000484. The first-order valence-corrected chi connectivity index (χ1v) is 7.53. The zero-order valence-corrected chi connectivity index (χ0v) is 15.4. The molecule has 0 bridgehead atoms. The molecule has 0 heterocycles. The minimum Gasteiger partial charge on any atom is -0.352 e. The topological polar surface area (TPSA) is 61.4 Å². The Morgan fingerprint density at radius 3 is 2.17 bits per heavy atom. The largest absolute Gasteiger partial charge is 0.352 e. The van der Waals surface area contributed by atoms with Gasteiger partial charge < -0.3 is 15.5 Å². The highest BCUT2D eigenvalue weighted by molar-refractivity contribution is 5.94. The molecule has 0 aromatic heterocycles. The van der Waals surface area contributed by atoms with Crippen LogP contribution < -0.4 is 10.6 Å². The van der Waals surface area contributed by atoms with Crippen LogP contribution in [0.1, 0.15) is 36.7 Å². The molecule has 1 rings (SSSR count). The molecule has 0 radical (unpaired) electrons. The van der Waals surface area contributed by atoms with Gasteiger partial charge in [0, 0.05) is 37.7 Å². The SMILES string of the molecule is CNCCN(C)C(=O)c1ccc(CNC(=O)C(C)(C)C)cc1.Cl. The van der Waals surface area contributed by atoms with Crippen molar-refractivity contribution >= 4 is 24.2 Å². The first-order chi connectivity index (χ1) is 10.3. The number of hydrogen-bond donors (Lipinski definition) is 2. The molecule has 0 aliphatic heterocycles. The van der Waals surface area contributed by atoms with Crippen molar-refractivity contribution in [1.82, 2.24) is 15.5 Å². The molecule has 0 aliphatic rings. The van der Waals surface area contributed by atoms with Crippen LogP contribution in [0.15, 0.2) is 24.3 Å². The van der Waals surface area contributed by atoms with Crippen molar-refractivity contribution in [3.8, 4) is 0 Å². The second-order valence-electron chi connectivity index (χ2n) is 6.46. The smallest absolute Gasteiger partial charge is 0.253 e. The van der Waals surface area contributed by atoms with E-state index in [9.17, 15) is 9.59 Å². The molecule has 0 atom stereocenters. The van der Waals surface area contributed by atoms with E-state index in [1.54, 1.807) is 24.1 Å². The van der Waals surface area contributed by atoms with Gasteiger partial charge >= 0.3 is 0 Å². The zero-order valence-electron chi connectivity index (χ0n) is 14.6. The van der Waals surface area contributed by atoms with Gasteiger partial charge in [-0.15, -0.1) is 12.4 Å². The fourth-order valence-electron chi connectivity index (χ4n) is 1.81. The number of likely N-dealkylation sites (N-methyl/N-ethyl adjacent to an activating group) is 2. The summed E-state index contributed by atoms with van der Waals surface area (Å²) in [7, 11) is 3.65. The molecule has 0 saturated carbocycles. The lowest BCUT2D eigenvalue weighted by molar-refractivity contribution is -0.128. The van der Waals surface area contributed by atoms with Crippen LogP contribution in [0.25, 0.3) is 0 Å². The van der Waals surface area contributed by atoms with Gasteiger partial charge in [0.05, 0.1) is 0 Å². The van der Waals surface area contributed by atoms with Gasteiger partial charge in [-0.25, -0.2) is 0 Å². The number of amides is 2. The highest BCUT2D eigenvalue weighted by Crippen LogP contribution is 2.13. The summed E-state index contributed by atoms with van der Waals surface area (Å²) in [5, 5.41) is 5.92. The van der Waals surface area contributed by atoms with Crippen molar-refractivity contribution in [2.45, 2.75) is 27.3 Å². The van der Waals surface area contributed by atoms with Gasteiger partial charge in [-0.3, -0.25) is 9.59 Å². The van der Waals surface area contributed by atoms with E-state index in [1.807, 2.05) is 40.0 Å². The third-order valence-corrected chi connectivity index (χ3v) is 3.38. The van der Waals surface area contributed by atoms with Crippen molar-refractivity contribution in [3.63, 3.8) is 0 Å². The van der Waals surface area contributed by atoms with Crippen LogP contribution >= 0.6 is 12.4 Å². The molecule has 0 unspecified atom stereocenters. The number of rotatable bonds is 6. The van der Waals surface area contributed by atoms with E-state index in [1.165, 1.54) is 0 Å². The predicted molar refractivity (Wildman–Crippen MR) is 95.9 cm³/mol. The minimum absolute atomic E-state index is 0. The van der Waals surface area contributed by atoms with Crippen LogP contribution in [0.4, 0.5) is 0 Å². The number of nitrogens with one attached hydrogen (secondary N) is 2. The molecule has 0 fully saturated rings. The predicted octanol–water partition coefficient (Wildman–Crippen LogP) is 2.06. The highest BCUT2D eigenvalue weighted by atomic mass is 35.5. The molecular weight excluding hydrogens is 314 g/mol. The lowest BCUT2D eigenvalue weighted by Gasteiger charge is -2.18. The van der Waals surface area contributed by atoms with E-state index in [2.05, 4.69) is 10.6 Å². The lowest BCUT2D eigenvalue weighted by Crippen LogP contribution is -2.34. The highest BCUT2D eigenvalue weighted by Gasteiger charge is 2.20. The maximum Gasteiger partial charge on any atom is 0.253 e. The standard InChI is InChI=1S/C17H27N3O2.ClH/c1-17(2,3)16(22)19-12-13-6-8-14(9-7-13)15(21)20(5)11-10-18-4;/h6-9,18H,10-12H2,1-5H3,(H,19,22);1H. The van der Waals surface area contributed by atoms with E-state index in [4.69, 9.17) is 0 Å². The fourth-order valence-corrected chi connectivity index (χ4v) is 1.81. The molecule has 0 aliphatic carbocycles. The minimum atomic E-state index is -0.397. The average molecular weight is 342 g/mol. The number of carbonyl (C=O) groups excluding carboxylic acids is 2. The summed E-state index contributed by atoms with van der Waals surface area (Å²) < 4.78 is 0. The summed E-state index contributed by atoms with van der Waals surface area (Å²) in [6.45, 7) is 7.54. The van der Waals surface area contributed by atoms with E-state index < -0.39 is 5.41 Å². The molecule has 6 heteroatoms. The Labute approximate surface area is 145 Å². The number of halogens is 1. The zero-order chi connectivity index (χ0) is 16.8. The summed E-state index contributed by atoms with van der Waals surface area (Å²) in [5.41, 5.74) is 1.24. The molecule has 0 spiro atoms. The molecule has 23 heavy (non-hydrogen) atoms. The average Bonchev–Trinajstić information content (AvgIpc) is 2.49. The van der Waals surface area contributed by atoms with Crippen LogP contribution in [-0.4, -0.2) is 43.9 Å². The van der Waals surface area contributed by atoms with E-state index in [-0.39, 0.29) is 24.2 Å². The van der Waals surface area contributed by atoms with Crippen molar-refractivity contribution in [1.29, 1.82) is 0 Å². The van der Waals surface area contributed by atoms with Crippen molar-refractivity contribution in [3.05, 3.63) is 35.4 Å². The third kappa shape index (κ3) is 7.01. The summed E-state index contributed by atoms with van der Waals surface area (Å²) in [6.07, 6.45) is 0. The third-order valence-electron chi connectivity index (χ3n) is 3.38. The monoisotopic (exact) mass is 341 g/mol. The number of nitrogens with zero attached hydrogens (tertiary/aromatic N) is 1. The van der Waals surface area contributed by atoms with Crippen LogP contribution in [0.3, 0.4) is 0 Å². The van der Waals surface area contributed by atoms with Crippen LogP contribution in [0.5, 0.6) is 0 Å². The van der Waals surface area contributed by atoms with Gasteiger partial charge in [-0.2, -0.15) is 0 Å². The van der Waals surface area contributed by atoms with E-state index in [0.29, 0.717) is 18.7 Å². The van der Waals surface area contributed by atoms with Crippen LogP contribution in [0.2, 0.25) is 0 Å². The molecular formula is C17H28ClN3O2. The van der Waals surface area contributed by atoms with Gasteiger partial charge in [0.15, 0.2) is 0 Å². The maximum atomic E-state index is 12.2. The Bertz CT molecular complexity index is 510. The first kappa shape index (κ1) is 21.4. The second kappa shape index (κ2) is 9.53. The number of carbonyl (C=O) groups is 2. The van der Waals surface area contributed by atoms with Crippen LogP contribution in [-0.2, 0) is 11.3 Å². The molecule has 0 saturated heterocycles. The number of benzene rings is 1. The van der Waals surface area contributed by atoms with Crippen molar-refractivity contribution in [2.75, 3.05) is 27.2 Å². The molecule has 5 nitrogen and oxygen atoms in total. The van der Waals surface area contributed by atoms with Crippen molar-refractivity contribution < 1.29 is 9.59 Å². The Kier molecular flexibility index (Phi) is 8.87. The lowest BCUT2D eigenvalue weighted by atomic mass is 9.95. The fraction of sp³-hybridized carbons (Fsp3) is 0.529. The molecule has 1 aromatic carbocycles. The van der Waals surface area contributed by atoms with Gasteiger partial charge in [0.1, 0.15) is 0 Å². The summed E-state index contributed by atoms with van der Waals surface area (Å²) in [6, 6.07) is 7.36. The maximum absolute atomic E-state index is 12.2. The van der Waals surface area contributed by atoms with E-state index in [0.717, 1.165) is 12.1 Å². The summed E-state index contributed by atoms with van der Waals surface area (Å²) in [4.78, 5) is 25.7. The Morgan fingerprint density at radius 1 is 1.13 bits per heavy atom. The molecule has 2 N–H and O–H groups in total. The molecule has 130 valence electrons. The second-order valence-corrected chi connectivity index (χ2v) is 6.46. The summed E-state index contributed by atoms with van der Waals surface area (Å²) >= 11 is 0. The normalized spacial score (nSPS) is 10.7. The first-order valence-electron chi connectivity index (χ1n) is 7.53. The van der Waals surface area contributed by atoms with E-state index >= 15 is 0 Å². The van der Waals surface area contributed by atoms with Gasteiger partial charge in [0.25, 0.3) is 5.91 Å². The molecule has 1 aromatic rings. The Morgan fingerprint density at radius 2 is 1.70 bits per heavy atom.